The molecule has 158 valence electrons. The molecule has 0 spiro atoms. The van der Waals surface area contributed by atoms with Crippen LogP contribution in [0.25, 0.3) is 5.78 Å². The molecule has 1 aliphatic rings. The summed E-state index contributed by atoms with van der Waals surface area (Å²) in [5.74, 6) is 1.71. The highest BCUT2D eigenvalue weighted by atomic mass is 16.5. The number of hydrogen-bond acceptors (Lipinski definition) is 7. The third kappa shape index (κ3) is 3.74. The Hall–Kier alpha value is -3.36. The second-order valence-corrected chi connectivity index (χ2v) is 7.48. The molecular formula is C21H27N7O2. The molecule has 1 aliphatic heterocycles. The van der Waals surface area contributed by atoms with Crippen LogP contribution in [0.2, 0.25) is 0 Å². The molecule has 1 amide bonds. The topological polar surface area (TPSA) is 102 Å². The molecule has 0 unspecified atom stereocenters. The first kappa shape index (κ1) is 19.9. The Labute approximate surface area is 175 Å². The van der Waals surface area contributed by atoms with Gasteiger partial charge < -0.3 is 20.3 Å². The first-order chi connectivity index (χ1) is 14.5. The Morgan fingerprint density at radius 1 is 1.13 bits per heavy atom. The number of nitrogens with zero attached hydrogens (tertiary/aromatic N) is 6. The number of rotatable bonds is 5. The molecule has 1 saturated heterocycles. The largest absolute Gasteiger partial charge is 0.495 e. The van der Waals surface area contributed by atoms with Crippen LogP contribution in [0, 0.1) is 13.8 Å². The van der Waals surface area contributed by atoms with E-state index in [2.05, 4.69) is 26.0 Å². The van der Waals surface area contributed by atoms with E-state index in [1.54, 1.807) is 11.6 Å². The Bertz CT molecular complexity index is 1070. The lowest BCUT2D eigenvalue weighted by molar-refractivity contribution is -0.131. The molecule has 3 aromatic rings. The van der Waals surface area contributed by atoms with Crippen molar-refractivity contribution in [1.29, 1.82) is 0 Å². The van der Waals surface area contributed by atoms with Crippen molar-refractivity contribution in [2.75, 3.05) is 43.9 Å². The summed E-state index contributed by atoms with van der Waals surface area (Å²) in [5.41, 5.74) is 9.58. The average Bonchev–Trinajstić information content (AvgIpc) is 3.13. The Morgan fingerprint density at radius 3 is 2.60 bits per heavy atom. The van der Waals surface area contributed by atoms with E-state index in [9.17, 15) is 4.79 Å². The number of ether oxygens (including phenoxy) is 1. The van der Waals surface area contributed by atoms with E-state index in [-0.39, 0.29) is 11.9 Å². The fourth-order valence-electron chi connectivity index (χ4n) is 4.06. The monoisotopic (exact) mass is 409 g/mol. The maximum absolute atomic E-state index is 12.8. The van der Waals surface area contributed by atoms with Gasteiger partial charge in [0, 0.05) is 44.0 Å². The van der Waals surface area contributed by atoms with Crippen LogP contribution >= 0.6 is 0 Å². The van der Waals surface area contributed by atoms with E-state index in [0.29, 0.717) is 31.7 Å². The van der Waals surface area contributed by atoms with Crippen molar-refractivity contribution in [3.63, 3.8) is 0 Å². The van der Waals surface area contributed by atoms with Gasteiger partial charge in [-0.15, -0.1) is 5.10 Å². The molecule has 2 N–H and O–H groups in total. The molecule has 0 aliphatic carbocycles. The SMILES string of the molecule is COc1ccccc1N1CCN(C(=O)CCc2c(C)nc3nc(N)nn3c2C)CC1. The maximum atomic E-state index is 12.8. The lowest BCUT2D eigenvalue weighted by Crippen LogP contribution is -2.49. The molecule has 1 fully saturated rings. The lowest BCUT2D eigenvalue weighted by atomic mass is 10.1. The van der Waals surface area contributed by atoms with Gasteiger partial charge in [-0.3, -0.25) is 4.79 Å². The maximum Gasteiger partial charge on any atom is 0.254 e. The van der Waals surface area contributed by atoms with Gasteiger partial charge in [0.1, 0.15) is 5.75 Å². The molecular weight excluding hydrogens is 382 g/mol. The van der Waals surface area contributed by atoms with Crippen molar-refractivity contribution in [2.45, 2.75) is 26.7 Å². The number of fused-ring (bicyclic) bond motifs is 1. The minimum Gasteiger partial charge on any atom is -0.495 e. The third-order valence-corrected chi connectivity index (χ3v) is 5.71. The van der Waals surface area contributed by atoms with Gasteiger partial charge in [0.15, 0.2) is 0 Å². The van der Waals surface area contributed by atoms with E-state index >= 15 is 0 Å². The number of hydrogen-bond donors (Lipinski definition) is 1. The summed E-state index contributed by atoms with van der Waals surface area (Å²) in [7, 11) is 1.68. The van der Waals surface area contributed by atoms with Crippen molar-refractivity contribution >= 4 is 23.3 Å². The van der Waals surface area contributed by atoms with Crippen LogP contribution in [-0.2, 0) is 11.2 Å². The highest BCUT2D eigenvalue weighted by Crippen LogP contribution is 2.28. The minimum atomic E-state index is 0.159. The summed E-state index contributed by atoms with van der Waals surface area (Å²) in [6, 6.07) is 7.99. The molecule has 0 radical (unpaired) electrons. The van der Waals surface area contributed by atoms with Crippen molar-refractivity contribution in [2.24, 2.45) is 0 Å². The number of aryl methyl sites for hydroxylation is 2. The zero-order valence-corrected chi connectivity index (χ0v) is 17.6. The summed E-state index contributed by atoms with van der Waals surface area (Å²) >= 11 is 0. The average molecular weight is 409 g/mol. The quantitative estimate of drug-likeness (QED) is 0.683. The summed E-state index contributed by atoms with van der Waals surface area (Å²) in [4.78, 5) is 25.6. The van der Waals surface area contributed by atoms with Gasteiger partial charge >= 0.3 is 0 Å². The molecule has 3 heterocycles. The number of methoxy groups -OCH3 is 1. The molecule has 0 saturated carbocycles. The van der Waals surface area contributed by atoms with E-state index in [4.69, 9.17) is 10.5 Å². The van der Waals surface area contributed by atoms with E-state index < -0.39 is 0 Å². The van der Waals surface area contributed by atoms with Crippen molar-refractivity contribution in [3.05, 3.63) is 41.2 Å². The molecule has 1 aromatic carbocycles. The molecule has 2 aromatic heterocycles. The highest BCUT2D eigenvalue weighted by Gasteiger charge is 2.23. The predicted octanol–water partition coefficient (Wildman–Crippen LogP) is 1.61. The first-order valence-corrected chi connectivity index (χ1v) is 10.1. The van der Waals surface area contributed by atoms with Crippen LogP contribution < -0.4 is 15.4 Å². The van der Waals surface area contributed by atoms with Crippen molar-refractivity contribution in [3.8, 4) is 5.75 Å². The second kappa shape index (κ2) is 8.17. The number of anilines is 2. The van der Waals surface area contributed by atoms with Gasteiger partial charge in [-0.1, -0.05) is 12.1 Å². The molecule has 9 nitrogen and oxygen atoms in total. The van der Waals surface area contributed by atoms with Gasteiger partial charge in [-0.05, 0) is 38.0 Å². The van der Waals surface area contributed by atoms with E-state index in [0.717, 1.165) is 41.5 Å². The number of carbonyl (C=O) groups is 1. The minimum absolute atomic E-state index is 0.159. The number of benzene rings is 1. The van der Waals surface area contributed by atoms with Crippen LogP contribution in [0.15, 0.2) is 24.3 Å². The smallest absolute Gasteiger partial charge is 0.254 e. The summed E-state index contributed by atoms with van der Waals surface area (Å²) in [6.45, 7) is 6.87. The summed E-state index contributed by atoms with van der Waals surface area (Å²) < 4.78 is 7.11. The zero-order chi connectivity index (χ0) is 21.3. The third-order valence-electron chi connectivity index (χ3n) is 5.71. The van der Waals surface area contributed by atoms with Crippen LogP contribution in [0.4, 0.5) is 11.6 Å². The predicted molar refractivity (Wildman–Crippen MR) is 115 cm³/mol. The van der Waals surface area contributed by atoms with Gasteiger partial charge in [0.2, 0.25) is 11.9 Å². The summed E-state index contributed by atoms with van der Waals surface area (Å²) in [6.07, 6.45) is 1.06. The fraction of sp³-hybridized carbons (Fsp3) is 0.429. The number of nitrogens with two attached hydrogens (primary N) is 1. The van der Waals surface area contributed by atoms with Gasteiger partial charge in [-0.25, -0.2) is 4.98 Å². The lowest BCUT2D eigenvalue weighted by Gasteiger charge is -2.36. The van der Waals surface area contributed by atoms with Gasteiger partial charge in [-0.2, -0.15) is 9.50 Å². The molecule has 0 atom stereocenters. The standard InChI is InChI=1S/C21H27N7O2/c1-14-16(15(2)28-21(23-14)24-20(22)25-28)8-9-19(29)27-12-10-26(11-13-27)17-6-4-5-7-18(17)30-3/h4-7H,8-13H2,1-3H3,(H2,22,25). The molecule has 4 rings (SSSR count). The molecule has 9 heteroatoms. The number of piperazine rings is 1. The number of carbonyl (C=O) groups excluding carboxylic acids is 1. The Morgan fingerprint density at radius 2 is 1.87 bits per heavy atom. The zero-order valence-electron chi connectivity index (χ0n) is 17.6. The Balaban J connectivity index is 1.38. The first-order valence-electron chi connectivity index (χ1n) is 10.1. The summed E-state index contributed by atoms with van der Waals surface area (Å²) in [5, 5.41) is 4.19. The number of amides is 1. The fourth-order valence-corrected chi connectivity index (χ4v) is 4.06. The molecule has 30 heavy (non-hydrogen) atoms. The number of para-hydroxylation sites is 2. The van der Waals surface area contributed by atoms with Gasteiger partial charge in [0.25, 0.3) is 5.78 Å². The second-order valence-electron chi connectivity index (χ2n) is 7.48. The highest BCUT2D eigenvalue weighted by molar-refractivity contribution is 5.77. The van der Waals surface area contributed by atoms with E-state index in [1.807, 2.05) is 36.9 Å². The van der Waals surface area contributed by atoms with Crippen LogP contribution in [0.3, 0.4) is 0 Å². The number of aromatic nitrogens is 4. The normalized spacial score (nSPS) is 14.4. The van der Waals surface area contributed by atoms with E-state index in [1.165, 1.54) is 0 Å². The van der Waals surface area contributed by atoms with Crippen LogP contribution in [0.5, 0.6) is 5.75 Å². The van der Waals surface area contributed by atoms with Crippen LogP contribution in [0.1, 0.15) is 23.4 Å². The Kier molecular flexibility index (Phi) is 5.43. The van der Waals surface area contributed by atoms with Crippen molar-refractivity contribution in [1.82, 2.24) is 24.5 Å². The number of nitrogen functional groups attached to an aromatic ring is 1. The van der Waals surface area contributed by atoms with Gasteiger partial charge in [0.05, 0.1) is 12.8 Å². The van der Waals surface area contributed by atoms with Crippen LogP contribution in [-0.4, -0.2) is 63.7 Å². The van der Waals surface area contributed by atoms with Crippen molar-refractivity contribution < 1.29 is 9.53 Å². The molecule has 0 bridgehead atoms.